The van der Waals surface area contributed by atoms with Gasteiger partial charge in [-0.1, -0.05) is 6.92 Å². The lowest BCUT2D eigenvalue weighted by molar-refractivity contribution is 0.0904. The van der Waals surface area contributed by atoms with Crippen molar-refractivity contribution in [2.45, 2.75) is 46.3 Å². The van der Waals surface area contributed by atoms with Crippen molar-refractivity contribution in [3.63, 3.8) is 0 Å². The van der Waals surface area contributed by atoms with Gasteiger partial charge < -0.3 is 19.9 Å². The average Bonchev–Trinajstić information content (AvgIpc) is 2.64. The van der Waals surface area contributed by atoms with E-state index in [0.717, 1.165) is 25.5 Å². The molecule has 1 N–H and O–H groups in total. The van der Waals surface area contributed by atoms with Crippen LogP contribution in [-0.2, 0) is 14.8 Å². The van der Waals surface area contributed by atoms with Crippen molar-refractivity contribution in [1.29, 1.82) is 0 Å². The minimum atomic E-state index is -3.26. The Bertz CT molecular complexity index is 545. The number of nitrogens with one attached hydrogen (secondary N) is 1. The lowest BCUT2D eigenvalue weighted by atomic mass is 10.2. The second kappa shape index (κ2) is 11.8. The number of ether oxygens (including phenoxy) is 1. The summed E-state index contributed by atoms with van der Waals surface area (Å²) < 4.78 is 31.8. The van der Waals surface area contributed by atoms with Crippen LogP contribution in [0.2, 0.25) is 0 Å². The van der Waals surface area contributed by atoms with Gasteiger partial charge >= 0.3 is 0 Å². The fraction of sp³-hybridized carbons (Fsp3) is 0.944. The van der Waals surface area contributed by atoms with E-state index in [9.17, 15) is 8.42 Å². The van der Waals surface area contributed by atoms with Crippen molar-refractivity contribution in [1.82, 2.24) is 19.4 Å². The molecule has 0 aliphatic carbocycles. The summed E-state index contributed by atoms with van der Waals surface area (Å²) in [6, 6.07) is 0.558. The lowest BCUT2D eigenvalue weighted by Gasteiger charge is -2.36. The van der Waals surface area contributed by atoms with Crippen molar-refractivity contribution in [3.8, 4) is 0 Å². The van der Waals surface area contributed by atoms with Gasteiger partial charge in [0.05, 0.1) is 18.5 Å². The van der Waals surface area contributed by atoms with Crippen LogP contribution in [0.1, 0.15) is 34.1 Å². The smallest absolute Gasteiger partial charge is 0.216 e. The second-order valence-corrected chi connectivity index (χ2v) is 9.42. The summed E-state index contributed by atoms with van der Waals surface area (Å²) in [6.45, 7) is 12.5. The molecule has 27 heavy (non-hydrogen) atoms. The first-order valence-electron chi connectivity index (χ1n) is 9.96. The Balaban J connectivity index is 2.43. The number of hydrogen-bond acceptors (Lipinski definition) is 5. The first-order chi connectivity index (χ1) is 12.7. The molecule has 1 aliphatic heterocycles. The van der Waals surface area contributed by atoms with Crippen molar-refractivity contribution in [2.24, 2.45) is 4.99 Å². The second-order valence-electron chi connectivity index (χ2n) is 7.33. The molecule has 1 aliphatic rings. The number of nitrogens with zero attached hydrogens (tertiary/aromatic N) is 4. The number of rotatable bonds is 10. The van der Waals surface area contributed by atoms with E-state index < -0.39 is 10.0 Å². The van der Waals surface area contributed by atoms with Gasteiger partial charge in [-0.3, -0.25) is 4.99 Å². The highest BCUT2D eigenvalue weighted by molar-refractivity contribution is 7.89. The molecule has 1 heterocycles. The van der Waals surface area contributed by atoms with E-state index in [2.05, 4.69) is 41.0 Å². The first-order valence-corrected chi connectivity index (χ1v) is 11.6. The van der Waals surface area contributed by atoms with Gasteiger partial charge in [0, 0.05) is 52.4 Å². The molecule has 0 saturated carbocycles. The minimum Gasteiger partial charge on any atom is -0.378 e. The van der Waals surface area contributed by atoms with Gasteiger partial charge in [-0.2, -0.15) is 4.31 Å². The normalized spacial score (nSPS) is 18.4. The number of hydrogen-bond donors (Lipinski definition) is 1. The average molecular weight is 406 g/mol. The third-order valence-electron chi connectivity index (χ3n) is 5.03. The summed E-state index contributed by atoms with van der Waals surface area (Å²) in [7, 11) is 0.640. The molecule has 0 bridgehead atoms. The lowest BCUT2D eigenvalue weighted by Crippen LogP contribution is -2.54. The van der Waals surface area contributed by atoms with E-state index in [4.69, 9.17) is 4.74 Å². The van der Waals surface area contributed by atoms with E-state index in [-0.39, 0.29) is 18.5 Å². The number of aliphatic imine (C=N–C) groups is 1. The molecule has 8 nitrogen and oxygen atoms in total. The Morgan fingerprint density at radius 1 is 1.22 bits per heavy atom. The summed E-state index contributed by atoms with van der Waals surface area (Å²) in [6.07, 6.45) is 1.18. The van der Waals surface area contributed by atoms with E-state index in [1.165, 1.54) is 0 Å². The van der Waals surface area contributed by atoms with E-state index >= 15 is 0 Å². The molecule has 0 spiro atoms. The van der Waals surface area contributed by atoms with Crippen LogP contribution in [-0.4, -0.2) is 106 Å². The van der Waals surface area contributed by atoms with Crippen LogP contribution in [0, 0.1) is 0 Å². The van der Waals surface area contributed by atoms with Crippen LogP contribution in [0.3, 0.4) is 0 Å². The van der Waals surface area contributed by atoms with Crippen molar-refractivity contribution in [2.75, 3.05) is 65.7 Å². The van der Waals surface area contributed by atoms with Gasteiger partial charge in [0.15, 0.2) is 5.96 Å². The Morgan fingerprint density at radius 3 is 2.37 bits per heavy atom. The maximum Gasteiger partial charge on any atom is 0.216 e. The summed E-state index contributed by atoms with van der Waals surface area (Å²) >= 11 is 0. The number of sulfonamides is 1. The molecule has 1 fully saturated rings. The molecule has 1 unspecified atom stereocenters. The zero-order valence-electron chi connectivity index (χ0n) is 17.9. The highest BCUT2D eigenvalue weighted by Crippen LogP contribution is 2.09. The molecular formula is C18H39N5O3S. The molecule has 0 radical (unpaired) electrons. The third-order valence-corrected chi connectivity index (χ3v) is 6.86. The van der Waals surface area contributed by atoms with Crippen molar-refractivity contribution < 1.29 is 13.2 Å². The van der Waals surface area contributed by atoms with Gasteiger partial charge in [-0.15, -0.1) is 0 Å². The van der Waals surface area contributed by atoms with Crippen LogP contribution in [0.4, 0.5) is 0 Å². The van der Waals surface area contributed by atoms with E-state index in [0.29, 0.717) is 32.2 Å². The maximum atomic E-state index is 12.4. The van der Waals surface area contributed by atoms with Gasteiger partial charge in [0.25, 0.3) is 0 Å². The largest absolute Gasteiger partial charge is 0.378 e. The highest BCUT2D eigenvalue weighted by atomic mass is 32.2. The minimum absolute atomic E-state index is 0.0418. The van der Waals surface area contributed by atoms with Crippen LogP contribution < -0.4 is 5.32 Å². The third kappa shape index (κ3) is 8.33. The molecule has 9 heteroatoms. The summed E-state index contributed by atoms with van der Waals surface area (Å²) in [5, 5.41) is 3.40. The van der Waals surface area contributed by atoms with Gasteiger partial charge in [0.2, 0.25) is 10.0 Å². The predicted octanol–water partition coefficient (Wildman–Crippen LogP) is 0.665. The van der Waals surface area contributed by atoms with E-state index in [1.807, 2.05) is 13.8 Å². The van der Waals surface area contributed by atoms with Crippen LogP contribution in [0.5, 0.6) is 0 Å². The van der Waals surface area contributed by atoms with Gasteiger partial charge in [0.1, 0.15) is 0 Å². The van der Waals surface area contributed by atoms with E-state index in [1.54, 1.807) is 11.4 Å². The zero-order valence-corrected chi connectivity index (χ0v) is 18.8. The molecule has 1 atom stereocenters. The topological polar surface area (TPSA) is 77.5 Å². The molecule has 0 aromatic rings. The summed E-state index contributed by atoms with van der Waals surface area (Å²) in [5.41, 5.74) is 0. The summed E-state index contributed by atoms with van der Waals surface area (Å²) in [5.74, 6) is 0.882. The Kier molecular flexibility index (Phi) is 10.6. The van der Waals surface area contributed by atoms with Crippen molar-refractivity contribution in [3.05, 3.63) is 0 Å². The molecule has 1 rings (SSSR count). The molecule has 160 valence electrons. The molecule has 1 saturated heterocycles. The number of likely N-dealkylation sites (N-methyl/N-ethyl adjacent to an activating group) is 1. The Hall–Kier alpha value is -0.900. The molecule has 0 aromatic heterocycles. The Labute approximate surface area is 166 Å². The fourth-order valence-corrected chi connectivity index (χ4v) is 4.19. The first kappa shape index (κ1) is 24.1. The SMILES string of the molecule is CCC(C)N(C)CCNC(=NC)N1CCN(S(=O)(=O)CCOC(C)C)CC1. The quantitative estimate of drug-likeness (QED) is 0.425. The number of guanidine groups is 1. The maximum absolute atomic E-state index is 12.4. The van der Waals surface area contributed by atoms with Crippen molar-refractivity contribution >= 4 is 16.0 Å². The standard InChI is InChI=1S/C18H39N5O3S/c1-7-17(4)21(6)9-8-20-18(19-5)22-10-12-23(13-11-22)27(24,25)15-14-26-16(2)3/h16-17H,7-15H2,1-6H3,(H,19,20). The van der Waals surface area contributed by atoms with Crippen LogP contribution >= 0.6 is 0 Å². The predicted molar refractivity (Wildman–Crippen MR) is 112 cm³/mol. The summed E-state index contributed by atoms with van der Waals surface area (Å²) in [4.78, 5) is 8.80. The van der Waals surface area contributed by atoms with Crippen LogP contribution in [0.15, 0.2) is 4.99 Å². The Morgan fingerprint density at radius 2 is 1.85 bits per heavy atom. The van der Waals surface area contributed by atoms with Gasteiger partial charge in [-0.05, 0) is 34.2 Å². The fourth-order valence-electron chi connectivity index (χ4n) is 2.90. The monoisotopic (exact) mass is 405 g/mol. The number of piperazine rings is 1. The van der Waals surface area contributed by atoms with Crippen LogP contribution in [0.25, 0.3) is 0 Å². The molecule has 0 amide bonds. The molecular weight excluding hydrogens is 366 g/mol. The molecule has 0 aromatic carbocycles. The van der Waals surface area contributed by atoms with Gasteiger partial charge in [-0.25, -0.2) is 8.42 Å². The zero-order chi connectivity index (χ0) is 20.4. The highest BCUT2D eigenvalue weighted by Gasteiger charge is 2.28.